The van der Waals surface area contributed by atoms with E-state index in [-0.39, 0.29) is 18.3 Å². The molecule has 2 heterocycles. The Hall–Kier alpha value is -1.56. The largest absolute Gasteiger partial charge is 0.338 e. The molecule has 0 bridgehead atoms. The van der Waals surface area contributed by atoms with Crippen molar-refractivity contribution in [3.8, 4) is 5.69 Å². The Kier molecular flexibility index (Phi) is 6.45. The smallest absolute Gasteiger partial charge is 0.257 e. The Balaban J connectivity index is 0.00000210. The summed E-state index contributed by atoms with van der Waals surface area (Å²) >= 11 is 6.08. The molecule has 1 saturated heterocycles. The molecule has 0 atom stereocenters. The van der Waals surface area contributed by atoms with Crippen molar-refractivity contribution >= 4 is 29.9 Å². The second kappa shape index (κ2) is 8.63. The molecule has 2 aromatic rings. The van der Waals surface area contributed by atoms with Crippen LogP contribution in [0.15, 0.2) is 30.5 Å². The number of rotatable bonds is 5. The minimum Gasteiger partial charge on any atom is -0.338 e. The maximum absolute atomic E-state index is 12.9. The zero-order valence-corrected chi connectivity index (χ0v) is 17.1. The summed E-state index contributed by atoms with van der Waals surface area (Å²) < 4.78 is 1.78. The molecule has 0 spiro atoms. The molecule has 5 nitrogen and oxygen atoms in total. The topological polar surface area (TPSA) is 50.2 Å². The predicted molar refractivity (Wildman–Crippen MR) is 110 cm³/mol. The Labute approximate surface area is 171 Å². The lowest BCUT2D eigenvalue weighted by Crippen LogP contribution is -2.45. The second-order valence-electron chi connectivity index (χ2n) is 7.45. The van der Waals surface area contributed by atoms with E-state index < -0.39 is 0 Å². The molecule has 2 fully saturated rings. The number of nitrogens with one attached hydrogen (secondary N) is 1. The molecule has 146 valence electrons. The van der Waals surface area contributed by atoms with E-state index in [1.54, 1.807) is 10.9 Å². The van der Waals surface area contributed by atoms with Gasteiger partial charge >= 0.3 is 0 Å². The van der Waals surface area contributed by atoms with E-state index in [1.807, 2.05) is 36.1 Å². The highest BCUT2D eigenvalue weighted by molar-refractivity contribution is 6.30. The van der Waals surface area contributed by atoms with E-state index >= 15 is 0 Å². The van der Waals surface area contributed by atoms with Crippen molar-refractivity contribution in [3.63, 3.8) is 0 Å². The SMILES string of the molecule is Cc1c(C(=O)N2CCC(NCC3CC3)CC2)cnn1-c1cccc(Cl)c1.Cl. The van der Waals surface area contributed by atoms with Crippen LogP contribution in [-0.2, 0) is 0 Å². The zero-order chi connectivity index (χ0) is 18.1. The van der Waals surface area contributed by atoms with Crippen LogP contribution in [0.3, 0.4) is 0 Å². The first-order chi connectivity index (χ1) is 12.6. The van der Waals surface area contributed by atoms with Crippen LogP contribution in [0, 0.1) is 12.8 Å². The van der Waals surface area contributed by atoms with E-state index in [0.29, 0.717) is 16.6 Å². The van der Waals surface area contributed by atoms with Gasteiger partial charge in [0.1, 0.15) is 0 Å². The number of hydrogen-bond donors (Lipinski definition) is 1. The first-order valence-corrected chi connectivity index (χ1v) is 9.83. The molecule has 1 saturated carbocycles. The number of hydrogen-bond acceptors (Lipinski definition) is 3. The monoisotopic (exact) mass is 408 g/mol. The lowest BCUT2D eigenvalue weighted by atomic mass is 10.0. The van der Waals surface area contributed by atoms with Crippen molar-refractivity contribution in [2.24, 2.45) is 5.92 Å². The molecule has 1 aliphatic carbocycles. The summed E-state index contributed by atoms with van der Waals surface area (Å²) in [7, 11) is 0. The van der Waals surface area contributed by atoms with Crippen molar-refractivity contribution in [1.82, 2.24) is 20.0 Å². The third kappa shape index (κ3) is 4.65. The molecule has 1 N–H and O–H groups in total. The van der Waals surface area contributed by atoms with Gasteiger partial charge in [0.25, 0.3) is 5.91 Å². The fourth-order valence-corrected chi connectivity index (χ4v) is 3.78. The number of piperidine rings is 1. The lowest BCUT2D eigenvalue weighted by Gasteiger charge is -2.32. The van der Waals surface area contributed by atoms with Crippen LogP contribution in [0.4, 0.5) is 0 Å². The quantitative estimate of drug-likeness (QED) is 0.816. The molecule has 4 rings (SSSR count). The Morgan fingerprint density at radius 1 is 1.26 bits per heavy atom. The van der Waals surface area contributed by atoms with Crippen molar-refractivity contribution in [2.75, 3.05) is 19.6 Å². The maximum atomic E-state index is 12.9. The molecule has 1 aliphatic heterocycles. The van der Waals surface area contributed by atoms with Gasteiger partial charge in [0, 0.05) is 24.2 Å². The predicted octanol–water partition coefficient (Wildman–Crippen LogP) is 3.86. The molecular formula is C20H26Cl2N4O. The third-order valence-electron chi connectivity index (χ3n) is 5.47. The van der Waals surface area contributed by atoms with Gasteiger partial charge < -0.3 is 10.2 Å². The van der Waals surface area contributed by atoms with Crippen molar-refractivity contribution < 1.29 is 4.79 Å². The number of amides is 1. The molecule has 2 aliphatic rings. The number of halogens is 2. The molecular weight excluding hydrogens is 383 g/mol. The van der Waals surface area contributed by atoms with Gasteiger partial charge in [-0.05, 0) is 63.3 Å². The minimum atomic E-state index is 0. The maximum Gasteiger partial charge on any atom is 0.257 e. The van der Waals surface area contributed by atoms with Crippen LogP contribution >= 0.6 is 24.0 Å². The Morgan fingerprint density at radius 2 is 2.00 bits per heavy atom. The highest BCUT2D eigenvalue weighted by Crippen LogP contribution is 2.28. The number of carbonyl (C=O) groups is 1. The normalized spacial score (nSPS) is 17.6. The van der Waals surface area contributed by atoms with Crippen molar-refractivity contribution in [3.05, 3.63) is 46.7 Å². The van der Waals surface area contributed by atoms with Gasteiger partial charge in [-0.25, -0.2) is 4.68 Å². The lowest BCUT2D eigenvalue weighted by molar-refractivity contribution is 0.0704. The van der Waals surface area contributed by atoms with Crippen molar-refractivity contribution in [1.29, 1.82) is 0 Å². The number of carbonyl (C=O) groups excluding carboxylic acids is 1. The summed E-state index contributed by atoms with van der Waals surface area (Å²) in [6, 6.07) is 8.07. The van der Waals surface area contributed by atoms with Crippen LogP contribution < -0.4 is 5.32 Å². The van der Waals surface area contributed by atoms with Crippen LogP contribution in [-0.4, -0.2) is 46.3 Å². The van der Waals surface area contributed by atoms with E-state index in [0.717, 1.165) is 49.8 Å². The van der Waals surface area contributed by atoms with Gasteiger partial charge in [-0.2, -0.15) is 5.10 Å². The summed E-state index contributed by atoms with van der Waals surface area (Å²) in [4.78, 5) is 14.9. The minimum absolute atomic E-state index is 0. The number of aromatic nitrogens is 2. The molecule has 0 radical (unpaired) electrons. The fraction of sp³-hybridized carbons (Fsp3) is 0.500. The molecule has 1 aromatic carbocycles. The highest BCUT2D eigenvalue weighted by Gasteiger charge is 2.27. The van der Waals surface area contributed by atoms with E-state index in [4.69, 9.17) is 11.6 Å². The number of nitrogens with zero attached hydrogens (tertiary/aromatic N) is 3. The molecule has 1 aromatic heterocycles. The number of benzene rings is 1. The summed E-state index contributed by atoms with van der Waals surface area (Å²) in [5, 5.41) is 8.73. The summed E-state index contributed by atoms with van der Waals surface area (Å²) in [5.74, 6) is 0.978. The Bertz CT molecular complexity index is 795. The average Bonchev–Trinajstić information content (AvgIpc) is 3.40. The van der Waals surface area contributed by atoms with Gasteiger partial charge in [-0.3, -0.25) is 4.79 Å². The third-order valence-corrected chi connectivity index (χ3v) is 5.70. The second-order valence-corrected chi connectivity index (χ2v) is 7.89. The fourth-order valence-electron chi connectivity index (χ4n) is 3.60. The van der Waals surface area contributed by atoms with Gasteiger partial charge in [-0.15, -0.1) is 12.4 Å². The van der Waals surface area contributed by atoms with Gasteiger partial charge in [-0.1, -0.05) is 17.7 Å². The zero-order valence-electron chi connectivity index (χ0n) is 15.5. The molecule has 27 heavy (non-hydrogen) atoms. The van der Waals surface area contributed by atoms with Gasteiger partial charge in [0.05, 0.1) is 23.1 Å². The molecule has 1 amide bonds. The highest BCUT2D eigenvalue weighted by atomic mass is 35.5. The number of likely N-dealkylation sites (tertiary alicyclic amines) is 1. The van der Waals surface area contributed by atoms with E-state index in [9.17, 15) is 4.79 Å². The van der Waals surface area contributed by atoms with Crippen LogP contribution in [0.2, 0.25) is 5.02 Å². The van der Waals surface area contributed by atoms with Crippen molar-refractivity contribution in [2.45, 2.75) is 38.6 Å². The van der Waals surface area contributed by atoms with E-state index in [1.165, 1.54) is 12.8 Å². The summed E-state index contributed by atoms with van der Waals surface area (Å²) in [6.07, 6.45) is 6.48. The average molecular weight is 409 g/mol. The molecule has 7 heteroatoms. The molecule has 0 unspecified atom stereocenters. The van der Waals surface area contributed by atoms with Crippen LogP contribution in [0.1, 0.15) is 41.7 Å². The van der Waals surface area contributed by atoms with Gasteiger partial charge in [0.15, 0.2) is 0 Å². The van der Waals surface area contributed by atoms with Gasteiger partial charge in [0.2, 0.25) is 0 Å². The first-order valence-electron chi connectivity index (χ1n) is 9.45. The Morgan fingerprint density at radius 3 is 2.67 bits per heavy atom. The van der Waals surface area contributed by atoms with Crippen LogP contribution in [0.5, 0.6) is 0 Å². The first kappa shape index (κ1) is 20.2. The summed E-state index contributed by atoms with van der Waals surface area (Å²) in [5.41, 5.74) is 2.40. The summed E-state index contributed by atoms with van der Waals surface area (Å²) in [6.45, 7) is 4.70. The van der Waals surface area contributed by atoms with Crippen LogP contribution in [0.25, 0.3) is 5.69 Å². The standard InChI is InChI=1S/C20H25ClN4O.ClH/c1-14-19(13-23-25(14)18-4-2-3-16(21)11-18)20(26)24-9-7-17(8-10-24)22-12-15-5-6-15;/h2-4,11,13,15,17,22H,5-10,12H2,1H3;1H. The van der Waals surface area contributed by atoms with E-state index in [2.05, 4.69) is 10.4 Å².